The van der Waals surface area contributed by atoms with Crippen molar-refractivity contribution in [1.29, 1.82) is 0 Å². The average Bonchev–Trinajstić information content (AvgIpc) is 2.50. The zero-order valence-corrected chi connectivity index (χ0v) is 14.1. The number of nitrogens with one attached hydrogen (secondary N) is 2. The standard InChI is InChI=1S/C15H19BrClN3O/c16-11-7-10(8-18-14(11)17)19-15(21)13-6-5-9-3-1-2-4-12(9)20-13/h7-9,12-13,20H,1-6H2,(H,19,21). The van der Waals surface area contributed by atoms with Crippen LogP contribution in [0.5, 0.6) is 0 Å². The van der Waals surface area contributed by atoms with E-state index in [1.54, 1.807) is 12.3 Å². The molecule has 0 aromatic carbocycles. The Bertz CT molecular complexity index is 540. The molecule has 1 aliphatic heterocycles. The number of aromatic nitrogens is 1. The summed E-state index contributed by atoms with van der Waals surface area (Å²) < 4.78 is 0.686. The van der Waals surface area contributed by atoms with Gasteiger partial charge in [-0.05, 0) is 53.6 Å². The van der Waals surface area contributed by atoms with Crippen molar-refractivity contribution in [2.24, 2.45) is 5.92 Å². The number of carbonyl (C=O) groups excluding carboxylic acids is 1. The van der Waals surface area contributed by atoms with Crippen LogP contribution < -0.4 is 10.6 Å². The SMILES string of the molecule is O=C(Nc1cnc(Cl)c(Br)c1)C1CCC2CCCCC2N1. The molecule has 0 bridgehead atoms. The Morgan fingerprint density at radius 1 is 1.33 bits per heavy atom. The van der Waals surface area contributed by atoms with Gasteiger partial charge in [-0.25, -0.2) is 4.98 Å². The second-order valence-electron chi connectivity index (χ2n) is 5.93. The smallest absolute Gasteiger partial charge is 0.241 e. The molecule has 2 heterocycles. The van der Waals surface area contributed by atoms with E-state index in [2.05, 4.69) is 31.5 Å². The van der Waals surface area contributed by atoms with E-state index in [1.165, 1.54) is 25.7 Å². The fourth-order valence-electron chi connectivity index (χ4n) is 3.42. The van der Waals surface area contributed by atoms with Crippen LogP contribution in [0.1, 0.15) is 38.5 Å². The molecule has 114 valence electrons. The van der Waals surface area contributed by atoms with Gasteiger partial charge in [-0.15, -0.1) is 0 Å². The predicted molar refractivity (Wildman–Crippen MR) is 87.5 cm³/mol. The highest BCUT2D eigenvalue weighted by Gasteiger charge is 2.34. The fraction of sp³-hybridized carbons (Fsp3) is 0.600. The molecule has 3 unspecified atom stereocenters. The van der Waals surface area contributed by atoms with E-state index in [1.807, 2.05) is 0 Å². The summed E-state index contributed by atoms with van der Waals surface area (Å²) in [5, 5.41) is 6.85. The predicted octanol–water partition coefficient (Wildman–Crippen LogP) is 3.75. The molecule has 21 heavy (non-hydrogen) atoms. The summed E-state index contributed by atoms with van der Waals surface area (Å²) >= 11 is 9.18. The average molecular weight is 373 g/mol. The first kappa shape index (κ1) is 15.3. The van der Waals surface area contributed by atoms with Gasteiger partial charge in [0.15, 0.2) is 0 Å². The lowest BCUT2D eigenvalue weighted by Crippen LogP contribution is -2.53. The first-order valence-electron chi connectivity index (χ1n) is 7.51. The third kappa shape index (κ3) is 3.58. The minimum absolute atomic E-state index is 0.0232. The highest BCUT2D eigenvalue weighted by molar-refractivity contribution is 9.10. The van der Waals surface area contributed by atoms with Crippen molar-refractivity contribution in [1.82, 2.24) is 10.3 Å². The van der Waals surface area contributed by atoms with E-state index in [4.69, 9.17) is 11.6 Å². The lowest BCUT2D eigenvalue weighted by molar-refractivity contribution is -0.119. The fourth-order valence-corrected chi connectivity index (χ4v) is 3.87. The van der Waals surface area contributed by atoms with Crippen molar-refractivity contribution in [3.8, 4) is 0 Å². The third-order valence-corrected chi connectivity index (χ3v) is 5.66. The number of piperidine rings is 1. The summed E-state index contributed by atoms with van der Waals surface area (Å²) in [5.41, 5.74) is 0.670. The van der Waals surface area contributed by atoms with Gasteiger partial charge in [0.25, 0.3) is 0 Å². The molecule has 2 N–H and O–H groups in total. The van der Waals surface area contributed by atoms with E-state index >= 15 is 0 Å². The number of nitrogens with zero attached hydrogens (tertiary/aromatic N) is 1. The van der Waals surface area contributed by atoms with E-state index in [0.29, 0.717) is 21.4 Å². The second kappa shape index (κ2) is 6.63. The second-order valence-corrected chi connectivity index (χ2v) is 7.15. The van der Waals surface area contributed by atoms with Crippen molar-refractivity contribution in [3.05, 3.63) is 21.9 Å². The van der Waals surface area contributed by atoms with Crippen LogP contribution in [-0.4, -0.2) is 23.0 Å². The van der Waals surface area contributed by atoms with Gasteiger partial charge in [0.1, 0.15) is 5.15 Å². The summed E-state index contributed by atoms with van der Waals surface area (Å²) in [6.45, 7) is 0. The van der Waals surface area contributed by atoms with Crippen LogP contribution in [0.25, 0.3) is 0 Å². The summed E-state index contributed by atoms with van der Waals surface area (Å²) in [6, 6.07) is 2.19. The van der Waals surface area contributed by atoms with Gasteiger partial charge in [0, 0.05) is 6.04 Å². The molecule has 1 amide bonds. The van der Waals surface area contributed by atoms with Crippen LogP contribution in [0.4, 0.5) is 5.69 Å². The number of hydrogen-bond acceptors (Lipinski definition) is 3. The van der Waals surface area contributed by atoms with Crippen molar-refractivity contribution in [2.45, 2.75) is 50.6 Å². The van der Waals surface area contributed by atoms with Crippen molar-refractivity contribution in [2.75, 3.05) is 5.32 Å². The van der Waals surface area contributed by atoms with Gasteiger partial charge in [-0.2, -0.15) is 0 Å². The first-order valence-corrected chi connectivity index (χ1v) is 8.68. The Hall–Kier alpha value is -0.650. The van der Waals surface area contributed by atoms with E-state index in [0.717, 1.165) is 18.8 Å². The van der Waals surface area contributed by atoms with Crippen molar-refractivity contribution < 1.29 is 4.79 Å². The first-order chi connectivity index (χ1) is 10.1. The molecule has 1 aromatic rings. The number of rotatable bonds is 2. The molecule has 4 nitrogen and oxygen atoms in total. The van der Waals surface area contributed by atoms with Crippen molar-refractivity contribution >= 4 is 39.1 Å². The topological polar surface area (TPSA) is 54.0 Å². The van der Waals surface area contributed by atoms with Crippen LogP contribution in [-0.2, 0) is 4.79 Å². The molecule has 1 aliphatic carbocycles. The Balaban J connectivity index is 1.61. The molecule has 2 aliphatic rings. The van der Waals surface area contributed by atoms with Gasteiger partial charge >= 0.3 is 0 Å². The highest BCUT2D eigenvalue weighted by atomic mass is 79.9. The van der Waals surface area contributed by atoms with Crippen LogP contribution in [0.15, 0.2) is 16.7 Å². The number of carbonyl (C=O) groups is 1. The molecule has 0 spiro atoms. The maximum absolute atomic E-state index is 12.4. The van der Waals surface area contributed by atoms with Crippen LogP contribution in [0.2, 0.25) is 5.15 Å². The summed E-state index contributed by atoms with van der Waals surface area (Å²) in [5.74, 6) is 0.782. The van der Waals surface area contributed by atoms with Gasteiger partial charge in [-0.1, -0.05) is 24.4 Å². The Kier molecular flexibility index (Phi) is 4.82. The number of pyridine rings is 1. The van der Waals surface area contributed by atoms with Gasteiger partial charge in [0.05, 0.1) is 22.4 Å². The lowest BCUT2D eigenvalue weighted by atomic mass is 9.77. The number of fused-ring (bicyclic) bond motifs is 1. The number of amides is 1. The maximum atomic E-state index is 12.4. The molecule has 1 aromatic heterocycles. The Labute approximate surface area is 138 Å². The zero-order chi connectivity index (χ0) is 14.8. The quantitative estimate of drug-likeness (QED) is 0.777. The molecular formula is C15H19BrClN3O. The number of hydrogen-bond donors (Lipinski definition) is 2. The highest BCUT2D eigenvalue weighted by Crippen LogP contribution is 2.32. The molecule has 0 radical (unpaired) electrons. The largest absolute Gasteiger partial charge is 0.323 e. The van der Waals surface area contributed by atoms with Crippen LogP contribution >= 0.6 is 27.5 Å². The Morgan fingerprint density at radius 3 is 2.95 bits per heavy atom. The zero-order valence-electron chi connectivity index (χ0n) is 11.7. The van der Waals surface area contributed by atoms with Crippen LogP contribution in [0, 0.1) is 5.92 Å². The maximum Gasteiger partial charge on any atom is 0.241 e. The summed E-state index contributed by atoms with van der Waals surface area (Å²) in [7, 11) is 0. The molecule has 6 heteroatoms. The van der Waals surface area contributed by atoms with E-state index in [-0.39, 0.29) is 11.9 Å². The third-order valence-electron chi connectivity index (χ3n) is 4.53. The number of anilines is 1. The molecule has 3 atom stereocenters. The van der Waals surface area contributed by atoms with Gasteiger partial charge in [-0.3, -0.25) is 4.79 Å². The molecule has 3 rings (SSSR count). The van der Waals surface area contributed by atoms with E-state index < -0.39 is 0 Å². The normalized spacial score (nSPS) is 28.8. The van der Waals surface area contributed by atoms with Crippen molar-refractivity contribution in [3.63, 3.8) is 0 Å². The minimum atomic E-state index is -0.0983. The number of halogens is 2. The summed E-state index contributed by atoms with van der Waals surface area (Å²) in [4.78, 5) is 16.4. The van der Waals surface area contributed by atoms with Gasteiger partial charge in [0.2, 0.25) is 5.91 Å². The minimum Gasteiger partial charge on any atom is -0.323 e. The van der Waals surface area contributed by atoms with Gasteiger partial charge < -0.3 is 10.6 Å². The molecule has 1 saturated heterocycles. The van der Waals surface area contributed by atoms with E-state index in [9.17, 15) is 4.79 Å². The summed E-state index contributed by atoms with van der Waals surface area (Å²) in [6.07, 6.45) is 8.76. The monoisotopic (exact) mass is 371 g/mol. The van der Waals surface area contributed by atoms with Crippen LogP contribution in [0.3, 0.4) is 0 Å². The molecule has 1 saturated carbocycles. The Morgan fingerprint density at radius 2 is 2.14 bits per heavy atom. The molecule has 2 fully saturated rings. The molecular weight excluding hydrogens is 354 g/mol. The lowest BCUT2D eigenvalue weighted by Gasteiger charge is -2.39.